The van der Waals surface area contributed by atoms with Gasteiger partial charge in [0.15, 0.2) is 0 Å². The number of anilines is 1. The van der Waals surface area contributed by atoms with E-state index in [1.54, 1.807) is 12.1 Å². The predicted octanol–water partition coefficient (Wildman–Crippen LogP) is 2.32. The second-order valence-electron chi connectivity index (χ2n) is 5.90. The van der Waals surface area contributed by atoms with E-state index >= 15 is 0 Å². The quantitative estimate of drug-likeness (QED) is 0.862. The molecule has 1 aromatic carbocycles. The third-order valence-electron chi connectivity index (χ3n) is 3.98. The molecule has 1 heterocycles. The van der Waals surface area contributed by atoms with Gasteiger partial charge in [-0.2, -0.15) is 0 Å². The van der Waals surface area contributed by atoms with Gasteiger partial charge in [0.1, 0.15) is 5.82 Å². The van der Waals surface area contributed by atoms with Crippen molar-refractivity contribution in [2.75, 3.05) is 45.2 Å². The minimum Gasteiger partial charge on any atom is -0.374 e. The van der Waals surface area contributed by atoms with E-state index in [4.69, 9.17) is 0 Å². The molecule has 0 spiro atoms. The second-order valence-corrected chi connectivity index (χ2v) is 5.90. The van der Waals surface area contributed by atoms with Crippen LogP contribution in [0.25, 0.3) is 0 Å². The van der Waals surface area contributed by atoms with Crippen LogP contribution in [0, 0.1) is 11.7 Å². The highest BCUT2D eigenvalue weighted by Crippen LogP contribution is 2.21. The number of hydrogen-bond acceptors (Lipinski definition) is 3. The molecule has 112 valence electrons. The maximum absolute atomic E-state index is 13.7. The molecule has 3 nitrogen and oxygen atoms in total. The molecule has 0 aromatic heterocycles. The normalized spacial score (nSPS) is 19.5. The monoisotopic (exact) mass is 279 g/mol. The molecule has 1 unspecified atom stereocenters. The SMILES string of the molecule is CCNCc1cc(F)cc(N(C)CC2CCN(C)C2)c1. The summed E-state index contributed by atoms with van der Waals surface area (Å²) in [5.41, 5.74) is 1.99. The summed E-state index contributed by atoms with van der Waals surface area (Å²) in [4.78, 5) is 4.54. The average molecular weight is 279 g/mol. The van der Waals surface area contributed by atoms with E-state index in [9.17, 15) is 4.39 Å². The van der Waals surface area contributed by atoms with Gasteiger partial charge in [-0.3, -0.25) is 0 Å². The first-order valence-corrected chi connectivity index (χ1v) is 7.48. The Morgan fingerprint density at radius 2 is 2.20 bits per heavy atom. The van der Waals surface area contributed by atoms with Crippen LogP contribution in [0.5, 0.6) is 0 Å². The molecule has 1 aliphatic rings. The average Bonchev–Trinajstić information content (AvgIpc) is 2.81. The Morgan fingerprint density at radius 3 is 2.85 bits per heavy atom. The largest absolute Gasteiger partial charge is 0.374 e. The highest BCUT2D eigenvalue weighted by molar-refractivity contribution is 5.48. The zero-order chi connectivity index (χ0) is 14.5. The van der Waals surface area contributed by atoms with E-state index < -0.39 is 0 Å². The van der Waals surface area contributed by atoms with Crippen molar-refractivity contribution in [2.24, 2.45) is 5.92 Å². The van der Waals surface area contributed by atoms with Crippen molar-refractivity contribution in [3.8, 4) is 0 Å². The number of nitrogens with zero attached hydrogens (tertiary/aromatic N) is 2. The number of hydrogen-bond donors (Lipinski definition) is 1. The van der Waals surface area contributed by atoms with Gasteiger partial charge in [-0.15, -0.1) is 0 Å². The van der Waals surface area contributed by atoms with Gasteiger partial charge < -0.3 is 15.1 Å². The zero-order valence-electron chi connectivity index (χ0n) is 12.8. The first-order valence-electron chi connectivity index (χ1n) is 7.48. The van der Waals surface area contributed by atoms with Crippen LogP contribution in [0.4, 0.5) is 10.1 Å². The topological polar surface area (TPSA) is 18.5 Å². The zero-order valence-corrected chi connectivity index (χ0v) is 12.8. The Bertz CT molecular complexity index is 436. The summed E-state index contributed by atoms with van der Waals surface area (Å²) in [5.74, 6) is 0.538. The minimum atomic E-state index is -0.147. The van der Waals surface area contributed by atoms with Crippen molar-refractivity contribution >= 4 is 5.69 Å². The van der Waals surface area contributed by atoms with Crippen LogP contribution >= 0.6 is 0 Å². The van der Waals surface area contributed by atoms with Crippen molar-refractivity contribution in [3.63, 3.8) is 0 Å². The Balaban J connectivity index is 2.01. The summed E-state index contributed by atoms with van der Waals surface area (Å²) >= 11 is 0. The molecule has 1 aromatic rings. The lowest BCUT2D eigenvalue weighted by Gasteiger charge is -2.24. The lowest BCUT2D eigenvalue weighted by atomic mass is 10.1. The summed E-state index contributed by atoms with van der Waals surface area (Å²) in [6.07, 6.45) is 1.24. The Hall–Kier alpha value is -1.13. The molecule has 1 atom stereocenters. The fourth-order valence-corrected chi connectivity index (χ4v) is 2.89. The molecule has 0 radical (unpaired) electrons. The van der Waals surface area contributed by atoms with Gasteiger partial charge >= 0.3 is 0 Å². The molecule has 4 heteroatoms. The molecule has 1 N–H and O–H groups in total. The third kappa shape index (κ3) is 4.18. The molecular formula is C16H26FN3. The number of likely N-dealkylation sites (tertiary alicyclic amines) is 1. The predicted molar refractivity (Wildman–Crippen MR) is 82.7 cm³/mol. The molecule has 0 amide bonds. The molecule has 0 saturated carbocycles. The van der Waals surface area contributed by atoms with Gasteiger partial charge in [0.05, 0.1) is 0 Å². The molecule has 20 heavy (non-hydrogen) atoms. The van der Waals surface area contributed by atoms with Crippen LogP contribution in [-0.4, -0.2) is 45.2 Å². The van der Waals surface area contributed by atoms with Crippen LogP contribution in [0.1, 0.15) is 18.9 Å². The minimum absolute atomic E-state index is 0.147. The lowest BCUT2D eigenvalue weighted by Crippen LogP contribution is -2.27. The summed E-state index contributed by atoms with van der Waals surface area (Å²) in [6.45, 7) is 6.99. The molecule has 1 fully saturated rings. The number of benzene rings is 1. The maximum Gasteiger partial charge on any atom is 0.125 e. The van der Waals surface area contributed by atoms with Crippen LogP contribution < -0.4 is 10.2 Å². The van der Waals surface area contributed by atoms with Gasteiger partial charge in [0, 0.05) is 32.4 Å². The molecular weight excluding hydrogens is 253 g/mol. The van der Waals surface area contributed by atoms with Crippen molar-refractivity contribution in [1.29, 1.82) is 0 Å². The Labute approximate surface area is 121 Å². The van der Waals surface area contributed by atoms with Crippen molar-refractivity contribution in [3.05, 3.63) is 29.6 Å². The Kier molecular flexibility index (Phi) is 5.38. The molecule has 0 bridgehead atoms. The molecule has 0 aliphatic carbocycles. The number of rotatable bonds is 6. The number of nitrogens with one attached hydrogen (secondary N) is 1. The summed E-state index contributed by atoms with van der Waals surface area (Å²) < 4.78 is 13.7. The fraction of sp³-hybridized carbons (Fsp3) is 0.625. The van der Waals surface area contributed by atoms with Gasteiger partial charge in [-0.05, 0) is 56.2 Å². The highest BCUT2D eigenvalue weighted by atomic mass is 19.1. The van der Waals surface area contributed by atoms with E-state index in [-0.39, 0.29) is 5.82 Å². The van der Waals surface area contributed by atoms with E-state index in [0.717, 1.165) is 37.4 Å². The smallest absolute Gasteiger partial charge is 0.125 e. The molecule has 1 saturated heterocycles. The van der Waals surface area contributed by atoms with Gasteiger partial charge in [-0.1, -0.05) is 6.92 Å². The summed E-state index contributed by atoms with van der Waals surface area (Å²) in [6, 6.07) is 5.34. The van der Waals surface area contributed by atoms with Crippen molar-refractivity contribution in [1.82, 2.24) is 10.2 Å². The molecule has 2 rings (SSSR count). The van der Waals surface area contributed by atoms with Crippen LogP contribution in [0.15, 0.2) is 18.2 Å². The van der Waals surface area contributed by atoms with Crippen LogP contribution in [0.3, 0.4) is 0 Å². The van der Waals surface area contributed by atoms with E-state index in [1.807, 2.05) is 0 Å². The van der Waals surface area contributed by atoms with Gasteiger partial charge in [0.25, 0.3) is 0 Å². The fourth-order valence-electron chi connectivity index (χ4n) is 2.89. The molecule has 1 aliphatic heterocycles. The summed E-state index contributed by atoms with van der Waals surface area (Å²) in [5, 5.41) is 3.24. The summed E-state index contributed by atoms with van der Waals surface area (Å²) in [7, 11) is 4.22. The van der Waals surface area contributed by atoms with Crippen LogP contribution in [-0.2, 0) is 6.54 Å². The highest BCUT2D eigenvalue weighted by Gasteiger charge is 2.21. The van der Waals surface area contributed by atoms with Crippen LogP contribution in [0.2, 0.25) is 0 Å². The van der Waals surface area contributed by atoms with Crippen molar-refractivity contribution in [2.45, 2.75) is 19.9 Å². The first kappa shape index (κ1) is 15.3. The van der Waals surface area contributed by atoms with Gasteiger partial charge in [-0.25, -0.2) is 4.39 Å². The number of halogens is 1. The van der Waals surface area contributed by atoms with E-state index in [1.165, 1.54) is 13.0 Å². The third-order valence-corrected chi connectivity index (χ3v) is 3.98. The van der Waals surface area contributed by atoms with E-state index in [0.29, 0.717) is 5.92 Å². The lowest BCUT2D eigenvalue weighted by molar-refractivity contribution is 0.396. The van der Waals surface area contributed by atoms with Crippen molar-refractivity contribution < 1.29 is 4.39 Å². The maximum atomic E-state index is 13.7. The first-order chi connectivity index (χ1) is 9.58. The van der Waals surface area contributed by atoms with Gasteiger partial charge in [0.2, 0.25) is 0 Å². The Morgan fingerprint density at radius 1 is 1.40 bits per heavy atom. The standard InChI is InChI=1S/C16H26FN3/c1-4-18-10-14-7-15(17)9-16(8-14)20(3)12-13-5-6-19(2)11-13/h7-9,13,18H,4-6,10-12H2,1-3H3. The second kappa shape index (κ2) is 7.04. The van der Waals surface area contributed by atoms with E-state index in [2.05, 4.69) is 42.2 Å².